The highest BCUT2D eigenvalue weighted by Crippen LogP contribution is 2.22. The van der Waals surface area contributed by atoms with Crippen LogP contribution >= 0.6 is 0 Å². The van der Waals surface area contributed by atoms with E-state index in [4.69, 9.17) is 9.15 Å². The van der Waals surface area contributed by atoms with Crippen LogP contribution in [0.1, 0.15) is 11.6 Å². The topological polar surface area (TPSA) is 41.7 Å². The molecule has 0 amide bonds. The van der Waals surface area contributed by atoms with Gasteiger partial charge in [-0.3, -0.25) is 4.90 Å². The molecule has 0 bridgehead atoms. The molecule has 0 saturated carbocycles. The molecule has 0 radical (unpaired) electrons. The molecule has 112 valence electrons. The minimum atomic E-state index is 0.736. The average molecular weight is 287 g/mol. The average Bonchev–Trinajstić information content (AvgIpc) is 2.93. The van der Waals surface area contributed by atoms with Crippen LogP contribution in [0.2, 0.25) is 0 Å². The van der Waals surface area contributed by atoms with E-state index >= 15 is 0 Å². The highest BCUT2D eigenvalue weighted by atomic mass is 16.5. The number of aryl methyl sites for hydroxylation is 1. The van der Waals surface area contributed by atoms with Gasteiger partial charge in [0.05, 0.1) is 12.8 Å². The zero-order valence-electron chi connectivity index (χ0n) is 12.6. The van der Waals surface area contributed by atoms with Gasteiger partial charge in [-0.2, -0.15) is 0 Å². The molecule has 2 heterocycles. The summed E-state index contributed by atoms with van der Waals surface area (Å²) in [5.41, 5.74) is 2.24. The predicted octanol–water partition coefficient (Wildman–Crippen LogP) is 2.31. The van der Waals surface area contributed by atoms with Crippen LogP contribution in [0.4, 0.5) is 5.69 Å². The highest BCUT2D eigenvalue weighted by molar-refractivity contribution is 5.51. The van der Waals surface area contributed by atoms with Crippen LogP contribution in [-0.4, -0.2) is 43.2 Å². The second-order valence-corrected chi connectivity index (χ2v) is 5.32. The summed E-state index contributed by atoms with van der Waals surface area (Å²) in [5, 5.41) is 0. The summed E-state index contributed by atoms with van der Waals surface area (Å²) < 4.78 is 10.6. The molecule has 0 N–H and O–H groups in total. The summed E-state index contributed by atoms with van der Waals surface area (Å²) in [6.45, 7) is 6.84. The summed E-state index contributed by atoms with van der Waals surface area (Å²) in [6, 6.07) is 8.25. The smallest absolute Gasteiger partial charge is 0.191 e. The summed E-state index contributed by atoms with van der Waals surface area (Å²) in [6.07, 6.45) is 1.75. The van der Waals surface area contributed by atoms with Crippen molar-refractivity contribution in [1.29, 1.82) is 0 Å². The summed E-state index contributed by atoms with van der Waals surface area (Å²) in [5.74, 6) is 1.65. The number of methoxy groups -OCH3 is 1. The highest BCUT2D eigenvalue weighted by Gasteiger charge is 2.18. The van der Waals surface area contributed by atoms with Gasteiger partial charge >= 0.3 is 0 Å². The van der Waals surface area contributed by atoms with E-state index in [1.807, 2.05) is 19.1 Å². The van der Waals surface area contributed by atoms with Crippen molar-refractivity contribution in [3.63, 3.8) is 0 Å². The van der Waals surface area contributed by atoms with E-state index in [0.29, 0.717) is 0 Å². The molecular weight excluding hydrogens is 266 g/mol. The number of hydrogen-bond donors (Lipinski definition) is 0. The van der Waals surface area contributed by atoms with Gasteiger partial charge in [0.15, 0.2) is 5.89 Å². The Morgan fingerprint density at radius 2 is 2.05 bits per heavy atom. The first-order valence-electron chi connectivity index (χ1n) is 7.27. The lowest BCUT2D eigenvalue weighted by Crippen LogP contribution is -2.46. The summed E-state index contributed by atoms with van der Waals surface area (Å²) >= 11 is 0. The maximum absolute atomic E-state index is 5.29. The maximum atomic E-state index is 5.29. The van der Waals surface area contributed by atoms with Crippen molar-refractivity contribution >= 4 is 5.69 Å². The van der Waals surface area contributed by atoms with Gasteiger partial charge in [0.2, 0.25) is 0 Å². The van der Waals surface area contributed by atoms with Crippen LogP contribution in [0.25, 0.3) is 0 Å². The zero-order chi connectivity index (χ0) is 14.7. The van der Waals surface area contributed by atoms with Crippen molar-refractivity contribution in [1.82, 2.24) is 9.88 Å². The number of piperazine rings is 1. The Labute approximate surface area is 125 Å². The van der Waals surface area contributed by atoms with Crippen molar-refractivity contribution < 1.29 is 9.15 Å². The van der Waals surface area contributed by atoms with E-state index in [1.165, 1.54) is 5.69 Å². The van der Waals surface area contributed by atoms with Gasteiger partial charge in [0, 0.05) is 51.4 Å². The Bertz CT molecular complexity index is 589. The second kappa shape index (κ2) is 6.18. The number of oxazole rings is 1. The molecule has 0 aliphatic carbocycles. The van der Waals surface area contributed by atoms with E-state index in [-0.39, 0.29) is 0 Å². The molecule has 1 fully saturated rings. The fourth-order valence-corrected chi connectivity index (χ4v) is 2.68. The van der Waals surface area contributed by atoms with E-state index in [2.05, 4.69) is 26.9 Å². The molecule has 1 aliphatic rings. The third kappa shape index (κ3) is 3.36. The van der Waals surface area contributed by atoms with Crippen LogP contribution in [-0.2, 0) is 6.54 Å². The van der Waals surface area contributed by atoms with Crippen molar-refractivity contribution in [3.8, 4) is 5.75 Å². The van der Waals surface area contributed by atoms with Crippen LogP contribution in [0.15, 0.2) is 34.9 Å². The fraction of sp³-hybridized carbons (Fsp3) is 0.438. The fourth-order valence-electron chi connectivity index (χ4n) is 2.68. The van der Waals surface area contributed by atoms with Gasteiger partial charge in [-0.1, -0.05) is 6.07 Å². The van der Waals surface area contributed by atoms with Gasteiger partial charge in [-0.15, -0.1) is 0 Å². The number of nitrogens with zero attached hydrogens (tertiary/aromatic N) is 3. The number of benzene rings is 1. The van der Waals surface area contributed by atoms with E-state index in [0.717, 1.165) is 50.1 Å². The molecule has 0 atom stereocenters. The molecule has 1 saturated heterocycles. The van der Waals surface area contributed by atoms with E-state index < -0.39 is 0 Å². The first-order chi connectivity index (χ1) is 10.2. The van der Waals surface area contributed by atoms with Gasteiger partial charge < -0.3 is 14.1 Å². The molecule has 3 rings (SSSR count). The van der Waals surface area contributed by atoms with Gasteiger partial charge in [-0.05, 0) is 12.1 Å². The van der Waals surface area contributed by atoms with Crippen LogP contribution in [0.5, 0.6) is 5.75 Å². The predicted molar refractivity (Wildman–Crippen MR) is 81.7 cm³/mol. The molecular formula is C16H21N3O2. The quantitative estimate of drug-likeness (QED) is 0.863. The zero-order valence-corrected chi connectivity index (χ0v) is 12.6. The summed E-state index contributed by atoms with van der Waals surface area (Å²) in [4.78, 5) is 9.17. The van der Waals surface area contributed by atoms with Crippen molar-refractivity contribution in [2.45, 2.75) is 13.5 Å². The number of anilines is 1. The Kier molecular flexibility index (Phi) is 4.10. The molecule has 1 aliphatic heterocycles. The van der Waals surface area contributed by atoms with Gasteiger partial charge in [0.25, 0.3) is 0 Å². The molecule has 2 aromatic rings. The van der Waals surface area contributed by atoms with Gasteiger partial charge in [-0.25, -0.2) is 4.98 Å². The van der Waals surface area contributed by atoms with E-state index in [1.54, 1.807) is 13.4 Å². The second-order valence-electron chi connectivity index (χ2n) is 5.32. The SMILES string of the molecule is COc1cccc(N2CCN(Cc3coc(C)n3)CC2)c1. The first-order valence-corrected chi connectivity index (χ1v) is 7.27. The van der Waals surface area contributed by atoms with Crippen molar-refractivity contribution in [2.75, 3.05) is 38.2 Å². The molecule has 0 spiro atoms. The minimum Gasteiger partial charge on any atom is -0.497 e. The van der Waals surface area contributed by atoms with E-state index in [9.17, 15) is 0 Å². The lowest BCUT2D eigenvalue weighted by atomic mass is 10.2. The van der Waals surface area contributed by atoms with Crippen LogP contribution in [0, 0.1) is 6.92 Å². The van der Waals surface area contributed by atoms with Crippen LogP contribution < -0.4 is 9.64 Å². The molecule has 1 aromatic heterocycles. The molecule has 5 heteroatoms. The van der Waals surface area contributed by atoms with Crippen molar-refractivity contribution in [2.24, 2.45) is 0 Å². The Morgan fingerprint density at radius 3 is 2.71 bits per heavy atom. The third-order valence-corrected chi connectivity index (χ3v) is 3.84. The first kappa shape index (κ1) is 13.9. The normalized spacial score (nSPS) is 16.2. The minimum absolute atomic E-state index is 0.736. The Morgan fingerprint density at radius 1 is 1.24 bits per heavy atom. The molecule has 5 nitrogen and oxygen atoms in total. The lowest BCUT2D eigenvalue weighted by Gasteiger charge is -2.35. The number of hydrogen-bond acceptors (Lipinski definition) is 5. The Hall–Kier alpha value is -2.01. The van der Waals surface area contributed by atoms with Gasteiger partial charge in [0.1, 0.15) is 12.0 Å². The standard InChI is InChI=1S/C16H21N3O2/c1-13-17-14(12-21-13)11-18-6-8-19(9-7-18)15-4-3-5-16(10-15)20-2/h3-5,10,12H,6-9,11H2,1-2H3. The molecule has 21 heavy (non-hydrogen) atoms. The number of aromatic nitrogens is 1. The number of rotatable bonds is 4. The molecule has 0 unspecified atom stereocenters. The third-order valence-electron chi connectivity index (χ3n) is 3.84. The maximum Gasteiger partial charge on any atom is 0.191 e. The molecule has 1 aromatic carbocycles. The van der Waals surface area contributed by atoms with Crippen LogP contribution in [0.3, 0.4) is 0 Å². The largest absolute Gasteiger partial charge is 0.497 e. The lowest BCUT2D eigenvalue weighted by molar-refractivity contribution is 0.247. The monoisotopic (exact) mass is 287 g/mol. The Balaban J connectivity index is 1.57. The summed E-state index contributed by atoms with van der Waals surface area (Å²) in [7, 11) is 1.71. The van der Waals surface area contributed by atoms with Crippen molar-refractivity contribution in [3.05, 3.63) is 42.1 Å². The number of ether oxygens (including phenoxy) is 1.